The summed E-state index contributed by atoms with van der Waals surface area (Å²) in [5, 5.41) is 1.30. The van der Waals surface area contributed by atoms with Crippen LogP contribution in [0.15, 0.2) is 75.5 Å². The summed E-state index contributed by atoms with van der Waals surface area (Å²) in [6.45, 7) is 2.84. The Balaban J connectivity index is 1.55. The molecule has 0 unspecified atom stereocenters. The van der Waals surface area contributed by atoms with E-state index in [0.29, 0.717) is 11.8 Å². The molecule has 2 aromatic carbocycles. The standard InChI is InChI=1S/C23H24N2OS2/c1-17-16-20-21(28-17)22(26)25(14-12-18-8-4-2-5-9-18)23(24-20)27-15-13-19-10-6-3-7-11-19/h2-11,17H,12-16H2,1H3/t17-/m1/s1. The van der Waals surface area contributed by atoms with E-state index in [0.717, 1.165) is 40.8 Å². The molecule has 1 aliphatic rings. The van der Waals surface area contributed by atoms with Gasteiger partial charge in [0.25, 0.3) is 5.56 Å². The van der Waals surface area contributed by atoms with Gasteiger partial charge in [-0.1, -0.05) is 79.3 Å². The highest BCUT2D eigenvalue weighted by Gasteiger charge is 2.26. The molecule has 0 amide bonds. The quantitative estimate of drug-likeness (QED) is 0.413. The molecule has 1 atom stereocenters. The number of aryl methyl sites for hydroxylation is 2. The maximum atomic E-state index is 13.2. The topological polar surface area (TPSA) is 34.9 Å². The first-order valence-electron chi connectivity index (χ1n) is 9.72. The second kappa shape index (κ2) is 9.01. The Kier molecular flexibility index (Phi) is 6.23. The molecule has 1 aromatic heterocycles. The minimum absolute atomic E-state index is 0.137. The fourth-order valence-corrected chi connectivity index (χ4v) is 5.57. The number of rotatable bonds is 7. The number of hydrogen-bond donors (Lipinski definition) is 0. The minimum atomic E-state index is 0.137. The number of fused-ring (bicyclic) bond motifs is 1. The lowest BCUT2D eigenvalue weighted by Gasteiger charge is -2.14. The lowest BCUT2D eigenvalue weighted by molar-refractivity contribution is 0.564. The van der Waals surface area contributed by atoms with Crippen LogP contribution in [-0.2, 0) is 25.8 Å². The van der Waals surface area contributed by atoms with Gasteiger partial charge in [0.05, 0.1) is 10.6 Å². The van der Waals surface area contributed by atoms with Crippen LogP contribution in [0.3, 0.4) is 0 Å². The van der Waals surface area contributed by atoms with Crippen LogP contribution in [0.2, 0.25) is 0 Å². The predicted octanol–water partition coefficient (Wildman–Crippen LogP) is 4.86. The van der Waals surface area contributed by atoms with Gasteiger partial charge in [-0.05, 0) is 24.0 Å². The highest BCUT2D eigenvalue weighted by atomic mass is 32.2. The number of benzene rings is 2. The summed E-state index contributed by atoms with van der Waals surface area (Å²) in [5.74, 6) is 0.920. The van der Waals surface area contributed by atoms with Crippen LogP contribution in [0.1, 0.15) is 23.7 Å². The number of hydrogen-bond acceptors (Lipinski definition) is 4. The highest BCUT2D eigenvalue weighted by molar-refractivity contribution is 8.00. The van der Waals surface area contributed by atoms with Gasteiger partial charge in [0, 0.05) is 24.0 Å². The van der Waals surface area contributed by atoms with Crippen LogP contribution in [0.4, 0.5) is 0 Å². The van der Waals surface area contributed by atoms with Crippen molar-refractivity contribution >= 4 is 23.5 Å². The van der Waals surface area contributed by atoms with E-state index in [9.17, 15) is 4.79 Å². The average Bonchev–Trinajstić information content (AvgIpc) is 3.10. The predicted molar refractivity (Wildman–Crippen MR) is 119 cm³/mol. The van der Waals surface area contributed by atoms with E-state index in [1.807, 2.05) is 28.8 Å². The molecule has 5 heteroatoms. The molecule has 0 saturated heterocycles. The first-order chi connectivity index (χ1) is 13.7. The van der Waals surface area contributed by atoms with E-state index in [2.05, 4.69) is 43.3 Å². The number of thioether (sulfide) groups is 2. The van der Waals surface area contributed by atoms with Crippen molar-refractivity contribution in [3.05, 3.63) is 87.8 Å². The second-order valence-corrected chi connectivity index (χ2v) is 9.59. The van der Waals surface area contributed by atoms with Gasteiger partial charge in [-0.3, -0.25) is 9.36 Å². The van der Waals surface area contributed by atoms with Gasteiger partial charge in [0.15, 0.2) is 5.16 Å². The Bertz CT molecular complexity index is 987. The fraction of sp³-hybridized carbons (Fsp3) is 0.304. The first-order valence-corrected chi connectivity index (χ1v) is 11.6. The van der Waals surface area contributed by atoms with E-state index in [-0.39, 0.29) is 5.56 Å². The average molecular weight is 409 g/mol. The molecule has 0 radical (unpaired) electrons. The Morgan fingerprint density at radius 1 is 1.04 bits per heavy atom. The zero-order chi connectivity index (χ0) is 19.3. The molecule has 144 valence electrons. The van der Waals surface area contributed by atoms with Crippen molar-refractivity contribution < 1.29 is 0 Å². The fourth-order valence-electron chi connectivity index (χ4n) is 3.43. The number of aromatic nitrogens is 2. The molecule has 0 fully saturated rings. The molecular formula is C23H24N2OS2. The molecule has 28 heavy (non-hydrogen) atoms. The SMILES string of the molecule is C[C@@H]1Cc2nc(SCCc3ccccc3)n(CCc3ccccc3)c(=O)c2S1. The third-order valence-corrected chi connectivity index (χ3v) is 7.09. The van der Waals surface area contributed by atoms with Crippen molar-refractivity contribution in [1.29, 1.82) is 0 Å². The molecule has 3 aromatic rings. The smallest absolute Gasteiger partial charge is 0.268 e. The summed E-state index contributed by atoms with van der Waals surface area (Å²) in [6, 6.07) is 20.8. The van der Waals surface area contributed by atoms with Crippen LogP contribution >= 0.6 is 23.5 Å². The van der Waals surface area contributed by atoms with Crippen molar-refractivity contribution in [3.8, 4) is 0 Å². The third kappa shape index (κ3) is 4.53. The summed E-state index contributed by atoms with van der Waals surface area (Å²) >= 11 is 3.38. The van der Waals surface area contributed by atoms with Crippen LogP contribution in [0.5, 0.6) is 0 Å². The van der Waals surface area contributed by atoms with E-state index in [1.54, 1.807) is 23.5 Å². The van der Waals surface area contributed by atoms with E-state index < -0.39 is 0 Å². The second-order valence-electron chi connectivity index (χ2n) is 7.08. The monoisotopic (exact) mass is 408 g/mol. The van der Waals surface area contributed by atoms with Gasteiger partial charge in [-0.15, -0.1) is 11.8 Å². The zero-order valence-electron chi connectivity index (χ0n) is 16.0. The normalized spacial score (nSPS) is 15.5. The van der Waals surface area contributed by atoms with Gasteiger partial charge in [0.2, 0.25) is 0 Å². The molecule has 4 rings (SSSR count). The molecule has 3 nitrogen and oxygen atoms in total. The summed E-state index contributed by atoms with van der Waals surface area (Å²) < 4.78 is 1.90. The molecule has 0 spiro atoms. The van der Waals surface area contributed by atoms with Gasteiger partial charge in [-0.25, -0.2) is 4.98 Å². The van der Waals surface area contributed by atoms with Crippen molar-refractivity contribution in [1.82, 2.24) is 9.55 Å². The Labute approximate surface area is 174 Å². The zero-order valence-corrected chi connectivity index (χ0v) is 17.6. The number of nitrogens with zero attached hydrogens (tertiary/aromatic N) is 2. The molecule has 0 bridgehead atoms. The van der Waals surface area contributed by atoms with Gasteiger partial charge in [0.1, 0.15) is 0 Å². The van der Waals surface area contributed by atoms with E-state index in [4.69, 9.17) is 4.98 Å². The lowest BCUT2D eigenvalue weighted by atomic mass is 10.1. The molecular weight excluding hydrogens is 384 g/mol. The van der Waals surface area contributed by atoms with E-state index in [1.165, 1.54) is 11.1 Å². The van der Waals surface area contributed by atoms with Crippen molar-refractivity contribution in [2.24, 2.45) is 0 Å². The molecule has 0 aliphatic carbocycles. The van der Waals surface area contributed by atoms with Gasteiger partial charge < -0.3 is 0 Å². The summed E-state index contributed by atoms with van der Waals surface area (Å²) in [5.41, 5.74) is 3.69. The molecule has 0 saturated carbocycles. The van der Waals surface area contributed by atoms with Crippen LogP contribution in [0, 0.1) is 0 Å². The largest absolute Gasteiger partial charge is 0.286 e. The third-order valence-electron chi connectivity index (χ3n) is 4.89. The van der Waals surface area contributed by atoms with Gasteiger partial charge >= 0.3 is 0 Å². The maximum absolute atomic E-state index is 13.2. The Morgan fingerprint density at radius 3 is 2.36 bits per heavy atom. The summed E-state index contributed by atoms with van der Waals surface area (Å²) in [4.78, 5) is 18.9. The summed E-state index contributed by atoms with van der Waals surface area (Å²) in [7, 11) is 0. The van der Waals surface area contributed by atoms with Crippen molar-refractivity contribution in [3.63, 3.8) is 0 Å². The lowest BCUT2D eigenvalue weighted by Crippen LogP contribution is -2.26. The van der Waals surface area contributed by atoms with Crippen molar-refractivity contribution in [2.45, 2.75) is 48.0 Å². The first kappa shape index (κ1) is 19.3. The maximum Gasteiger partial charge on any atom is 0.268 e. The summed E-state index contributed by atoms with van der Waals surface area (Å²) in [6.07, 6.45) is 2.71. The van der Waals surface area contributed by atoms with Crippen LogP contribution in [0.25, 0.3) is 0 Å². The molecule has 1 aliphatic heterocycles. The molecule has 0 N–H and O–H groups in total. The Morgan fingerprint density at radius 2 is 1.68 bits per heavy atom. The molecule has 2 heterocycles. The minimum Gasteiger partial charge on any atom is -0.286 e. The van der Waals surface area contributed by atoms with Crippen LogP contribution in [-0.4, -0.2) is 20.6 Å². The van der Waals surface area contributed by atoms with E-state index >= 15 is 0 Å². The Hall–Kier alpha value is -1.98. The van der Waals surface area contributed by atoms with Gasteiger partial charge in [-0.2, -0.15) is 0 Å². The van der Waals surface area contributed by atoms with Crippen LogP contribution < -0.4 is 5.56 Å². The highest BCUT2D eigenvalue weighted by Crippen LogP contribution is 2.34. The van der Waals surface area contributed by atoms with Crippen molar-refractivity contribution in [2.75, 3.05) is 5.75 Å².